The molecule has 1 aliphatic heterocycles. The number of rotatable bonds is 6. The number of benzene rings is 1. The van der Waals surface area contributed by atoms with Crippen molar-refractivity contribution in [2.24, 2.45) is 11.8 Å². The highest BCUT2D eigenvalue weighted by atomic mass is 16.6. The summed E-state index contributed by atoms with van der Waals surface area (Å²) in [5.74, 6) is -3.13. The number of hydrogen-bond acceptors (Lipinski definition) is 7. The fourth-order valence-electron chi connectivity index (χ4n) is 3.78. The summed E-state index contributed by atoms with van der Waals surface area (Å²) in [4.78, 5) is 60.5. The van der Waals surface area contributed by atoms with Crippen molar-refractivity contribution in [3.05, 3.63) is 34.4 Å². The molecule has 0 bridgehead atoms. The molecule has 3 atom stereocenters. The third-order valence-corrected chi connectivity index (χ3v) is 5.26. The number of para-hydroxylation sites is 2. The Morgan fingerprint density at radius 1 is 1.21 bits per heavy atom. The minimum Gasteiger partial charge on any atom is -0.451 e. The molecule has 3 amide bonds. The van der Waals surface area contributed by atoms with Gasteiger partial charge in [0.2, 0.25) is 11.8 Å². The van der Waals surface area contributed by atoms with Crippen LogP contribution in [0.5, 0.6) is 0 Å². The van der Waals surface area contributed by atoms with Gasteiger partial charge in [0.1, 0.15) is 12.2 Å². The molecular formula is C19H21N3O7. The standard InChI is InChI=1S/C19H21N3O7/c1-11(17(24)20-14-8-4-5-9-15(14)22(27)28)29-16(23)10-21-18(25)12-6-2-3-7-13(12)19(21)26/h4-5,8-9,11-13H,2-3,6-7,10H2,1H3,(H,20,24). The van der Waals surface area contributed by atoms with E-state index in [1.807, 2.05) is 0 Å². The fraction of sp³-hybridized carbons (Fsp3) is 0.474. The first kappa shape index (κ1) is 20.4. The van der Waals surface area contributed by atoms with E-state index in [-0.39, 0.29) is 35.0 Å². The summed E-state index contributed by atoms with van der Waals surface area (Å²) in [6.07, 6.45) is 1.76. The summed E-state index contributed by atoms with van der Waals surface area (Å²) in [5.41, 5.74) is -0.324. The molecule has 154 valence electrons. The van der Waals surface area contributed by atoms with Crippen LogP contribution in [0.1, 0.15) is 32.6 Å². The Morgan fingerprint density at radius 3 is 2.38 bits per heavy atom. The minimum atomic E-state index is -1.27. The first-order valence-electron chi connectivity index (χ1n) is 9.38. The number of carbonyl (C=O) groups excluding carboxylic acids is 4. The van der Waals surface area contributed by atoms with Crippen LogP contribution >= 0.6 is 0 Å². The smallest absolute Gasteiger partial charge is 0.326 e. The monoisotopic (exact) mass is 403 g/mol. The van der Waals surface area contributed by atoms with Gasteiger partial charge in [-0.1, -0.05) is 25.0 Å². The second-order valence-corrected chi connectivity index (χ2v) is 7.16. The predicted molar refractivity (Wildman–Crippen MR) is 99.4 cm³/mol. The van der Waals surface area contributed by atoms with Crippen molar-refractivity contribution in [1.29, 1.82) is 0 Å². The number of nitrogens with zero attached hydrogens (tertiary/aromatic N) is 2. The van der Waals surface area contributed by atoms with Crippen LogP contribution in [0.25, 0.3) is 0 Å². The molecule has 0 spiro atoms. The summed E-state index contributed by atoms with van der Waals surface area (Å²) in [7, 11) is 0. The van der Waals surface area contributed by atoms with Gasteiger partial charge in [-0.2, -0.15) is 0 Å². The number of ether oxygens (including phenoxy) is 1. The quantitative estimate of drug-likeness (QED) is 0.330. The van der Waals surface area contributed by atoms with Crippen molar-refractivity contribution >= 4 is 35.1 Å². The Labute approximate surface area is 166 Å². The van der Waals surface area contributed by atoms with E-state index in [2.05, 4.69) is 5.32 Å². The Hall–Kier alpha value is -3.30. The van der Waals surface area contributed by atoms with Crippen LogP contribution in [0.3, 0.4) is 0 Å². The van der Waals surface area contributed by atoms with E-state index in [1.54, 1.807) is 0 Å². The van der Waals surface area contributed by atoms with E-state index in [0.717, 1.165) is 17.7 Å². The van der Waals surface area contributed by atoms with Gasteiger partial charge in [0.25, 0.3) is 11.6 Å². The number of carbonyl (C=O) groups is 4. The molecule has 0 radical (unpaired) electrons. The van der Waals surface area contributed by atoms with Crippen molar-refractivity contribution in [2.75, 3.05) is 11.9 Å². The molecule has 1 saturated carbocycles. The number of nitrogens with one attached hydrogen (secondary N) is 1. The number of anilines is 1. The van der Waals surface area contributed by atoms with Gasteiger partial charge < -0.3 is 10.1 Å². The third kappa shape index (κ3) is 4.25. The summed E-state index contributed by atoms with van der Waals surface area (Å²) < 4.78 is 5.03. The molecular weight excluding hydrogens is 382 g/mol. The first-order chi connectivity index (χ1) is 13.8. The van der Waals surface area contributed by atoms with Crippen LogP contribution in [0.4, 0.5) is 11.4 Å². The topological polar surface area (TPSA) is 136 Å². The molecule has 2 fully saturated rings. The Kier molecular flexibility index (Phi) is 5.90. The van der Waals surface area contributed by atoms with Gasteiger partial charge >= 0.3 is 5.97 Å². The molecule has 1 saturated heterocycles. The van der Waals surface area contributed by atoms with E-state index < -0.39 is 29.4 Å². The number of nitro benzene ring substituents is 1. The zero-order valence-electron chi connectivity index (χ0n) is 15.8. The van der Waals surface area contributed by atoms with Gasteiger partial charge in [0.15, 0.2) is 6.10 Å². The maximum Gasteiger partial charge on any atom is 0.326 e. The normalized spacial score (nSPS) is 22.0. The molecule has 3 unspecified atom stereocenters. The maximum absolute atomic E-state index is 12.4. The summed E-state index contributed by atoms with van der Waals surface area (Å²) in [5, 5.41) is 13.4. The highest BCUT2D eigenvalue weighted by Gasteiger charge is 2.48. The average molecular weight is 403 g/mol. The molecule has 0 aromatic heterocycles. The van der Waals surface area contributed by atoms with E-state index >= 15 is 0 Å². The van der Waals surface area contributed by atoms with E-state index in [1.165, 1.54) is 31.2 Å². The van der Waals surface area contributed by atoms with Gasteiger partial charge in [-0.25, -0.2) is 0 Å². The van der Waals surface area contributed by atoms with Crippen molar-refractivity contribution in [3.63, 3.8) is 0 Å². The highest BCUT2D eigenvalue weighted by molar-refractivity contribution is 6.07. The number of nitro groups is 1. The fourth-order valence-corrected chi connectivity index (χ4v) is 3.78. The van der Waals surface area contributed by atoms with Crippen molar-refractivity contribution in [3.8, 4) is 0 Å². The Balaban J connectivity index is 1.58. The van der Waals surface area contributed by atoms with E-state index in [9.17, 15) is 29.3 Å². The molecule has 1 heterocycles. The van der Waals surface area contributed by atoms with Crippen LogP contribution < -0.4 is 5.32 Å². The Morgan fingerprint density at radius 2 is 1.79 bits per heavy atom. The van der Waals surface area contributed by atoms with Crippen LogP contribution in [-0.2, 0) is 23.9 Å². The van der Waals surface area contributed by atoms with Crippen LogP contribution in [0, 0.1) is 22.0 Å². The van der Waals surface area contributed by atoms with Crippen molar-refractivity contribution in [2.45, 2.75) is 38.7 Å². The Bertz CT molecular complexity index is 845. The average Bonchev–Trinajstić information content (AvgIpc) is 2.93. The molecule has 1 N–H and O–H groups in total. The lowest BCUT2D eigenvalue weighted by Crippen LogP contribution is -2.39. The summed E-state index contributed by atoms with van der Waals surface area (Å²) in [6, 6.07) is 5.56. The third-order valence-electron chi connectivity index (χ3n) is 5.26. The highest BCUT2D eigenvalue weighted by Crippen LogP contribution is 2.37. The molecule has 10 nitrogen and oxygen atoms in total. The van der Waals surface area contributed by atoms with Gasteiger partial charge in [-0.15, -0.1) is 0 Å². The number of fused-ring (bicyclic) bond motifs is 1. The molecule has 1 aromatic carbocycles. The summed E-state index contributed by atoms with van der Waals surface area (Å²) >= 11 is 0. The van der Waals surface area contributed by atoms with E-state index in [4.69, 9.17) is 4.74 Å². The van der Waals surface area contributed by atoms with Gasteiger partial charge in [-0.05, 0) is 25.8 Å². The second kappa shape index (κ2) is 8.38. The van der Waals surface area contributed by atoms with Gasteiger partial charge in [0, 0.05) is 6.07 Å². The van der Waals surface area contributed by atoms with E-state index in [0.29, 0.717) is 12.8 Å². The minimum absolute atomic E-state index is 0.0284. The first-order valence-corrected chi connectivity index (χ1v) is 9.38. The molecule has 1 aliphatic carbocycles. The number of hydrogen-bond donors (Lipinski definition) is 1. The number of likely N-dealkylation sites (tertiary alicyclic amines) is 1. The van der Waals surface area contributed by atoms with Crippen molar-refractivity contribution < 1.29 is 28.8 Å². The lowest BCUT2D eigenvalue weighted by Gasteiger charge is -2.19. The van der Waals surface area contributed by atoms with Gasteiger partial charge in [-0.3, -0.25) is 34.2 Å². The molecule has 2 aliphatic rings. The molecule has 29 heavy (non-hydrogen) atoms. The number of imide groups is 1. The largest absolute Gasteiger partial charge is 0.451 e. The molecule has 10 heteroatoms. The molecule has 1 aromatic rings. The lowest BCUT2D eigenvalue weighted by atomic mass is 9.81. The SMILES string of the molecule is CC(OC(=O)CN1C(=O)C2CCCCC2C1=O)C(=O)Nc1ccccc1[N+](=O)[O-]. The van der Waals surface area contributed by atoms with Crippen molar-refractivity contribution in [1.82, 2.24) is 4.90 Å². The maximum atomic E-state index is 12.4. The lowest BCUT2D eigenvalue weighted by molar-refractivity contribution is -0.383. The zero-order valence-corrected chi connectivity index (χ0v) is 15.8. The second-order valence-electron chi connectivity index (χ2n) is 7.16. The molecule has 3 rings (SSSR count). The van der Waals surface area contributed by atoms with Crippen LogP contribution in [0.15, 0.2) is 24.3 Å². The number of amides is 3. The predicted octanol–water partition coefficient (Wildman–Crippen LogP) is 1.64. The summed E-state index contributed by atoms with van der Waals surface area (Å²) in [6.45, 7) is 0.753. The van der Waals surface area contributed by atoms with Crippen LogP contribution in [0.2, 0.25) is 0 Å². The van der Waals surface area contributed by atoms with Crippen LogP contribution in [-0.4, -0.2) is 46.2 Å². The van der Waals surface area contributed by atoms with Gasteiger partial charge in [0.05, 0.1) is 16.8 Å². The number of esters is 1. The zero-order chi connectivity index (χ0) is 21.1.